The van der Waals surface area contributed by atoms with Crippen molar-refractivity contribution in [2.24, 2.45) is 0 Å². The second-order valence-corrected chi connectivity index (χ2v) is 4.37. The van der Waals surface area contributed by atoms with Crippen LogP contribution in [-0.2, 0) is 13.2 Å². The van der Waals surface area contributed by atoms with Crippen LogP contribution in [0.25, 0.3) is 0 Å². The zero-order valence-electron chi connectivity index (χ0n) is 10.4. The van der Waals surface area contributed by atoms with Crippen LogP contribution in [0.4, 0.5) is 4.79 Å². The average Bonchev–Trinajstić information content (AvgIpc) is 2.81. The van der Waals surface area contributed by atoms with Crippen LogP contribution in [0.15, 0.2) is 24.3 Å². The van der Waals surface area contributed by atoms with Gasteiger partial charge in [0.15, 0.2) is 0 Å². The molecule has 0 aliphatic carbocycles. The van der Waals surface area contributed by atoms with E-state index in [1.54, 1.807) is 0 Å². The summed E-state index contributed by atoms with van der Waals surface area (Å²) >= 11 is 0. The number of aliphatic hydroxyl groups excluding tert-OH is 1. The molecule has 1 aliphatic heterocycles. The van der Waals surface area contributed by atoms with E-state index in [1.165, 1.54) is 5.56 Å². The van der Waals surface area contributed by atoms with Crippen molar-refractivity contribution in [3.8, 4) is 0 Å². The molecular weight excluding hydrogens is 230 g/mol. The number of urea groups is 1. The zero-order chi connectivity index (χ0) is 12.8. The number of hydrogen-bond acceptors (Lipinski definition) is 3. The molecule has 0 spiro atoms. The van der Waals surface area contributed by atoms with Crippen molar-refractivity contribution in [3.05, 3.63) is 35.4 Å². The van der Waals surface area contributed by atoms with Crippen molar-refractivity contribution in [1.29, 1.82) is 0 Å². The highest BCUT2D eigenvalue weighted by atomic mass is 16.3. The largest absolute Gasteiger partial charge is 0.392 e. The second kappa shape index (κ2) is 6.37. The maximum atomic E-state index is 11.3. The number of hydrogen-bond donors (Lipinski definition) is 3. The van der Waals surface area contributed by atoms with E-state index in [0.717, 1.165) is 38.3 Å². The van der Waals surface area contributed by atoms with E-state index < -0.39 is 0 Å². The van der Waals surface area contributed by atoms with Gasteiger partial charge in [0.2, 0.25) is 0 Å². The van der Waals surface area contributed by atoms with Crippen molar-refractivity contribution in [3.63, 3.8) is 0 Å². The molecule has 18 heavy (non-hydrogen) atoms. The van der Waals surface area contributed by atoms with E-state index in [4.69, 9.17) is 5.11 Å². The first-order chi connectivity index (χ1) is 8.79. The summed E-state index contributed by atoms with van der Waals surface area (Å²) in [6.07, 6.45) is 0. The Morgan fingerprint density at radius 1 is 1.28 bits per heavy atom. The number of amides is 2. The molecule has 1 heterocycles. The van der Waals surface area contributed by atoms with E-state index in [0.29, 0.717) is 0 Å². The van der Waals surface area contributed by atoms with Gasteiger partial charge in [0, 0.05) is 32.7 Å². The number of nitrogens with zero attached hydrogens (tertiary/aromatic N) is 1. The van der Waals surface area contributed by atoms with Crippen LogP contribution in [0, 0.1) is 0 Å². The number of rotatable bonds is 6. The van der Waals surface area contributed by atoms with Gasteiger partial charge in [-0.15, -0.1) is 0 Å². The molecular formula is C13H19N3O2. The van der Waals surface area contributed by atoms with E-state index in [2.05, 4.69) is 10.6 Å². The molecule has 3 N–H and O–H groups in total. The Kier molecular flexibility index (Phi) is 4.55. The van der Waals surface area contributed by atoms with E-state index >= 15 is 0 Å². The van der Waals surface area contributed by atoms with Gasteiger partial charge < -0.3 is 20.6 Å². The molecule has 0 aromatic heterocycles. The van der Waals surface area contributed by atoms with Gasteiger partial charge in [0.1, 0.15) is 0 Å². The first kappa shape index (κ1) is 12.9. The molecule has 0 saturated carbocycles. The number of carbonyl (C=O) groups is 1. The van der Waals surface area contributed by atoms with Crippen LogP contribution in [0.5, 0.6) is 0 Å². The summed E-state index contributed by atoms with van der Waals surface area (Å²) in [4.78, 5) is 13.1. The fourth-order valence-corrected chi connectivity index (χ4v) is 1.93. The predicted molar refractivity (Wildman–Crippen MR) is 69.0 cm³/mol. The van der Waals surface area contributed by atoms with Gasteiger partial charge in [-0.2, -0.15) is 0 Å². The average molecular weight is 249 g/mol. The standard InChI is InChI=1S/C13H19N3O2/c17-10-12-3-1-11(2-4-12)9-14-5-7-16-8-6-15-13(16)18/h1-4,14,17H,5-10H2,(H,15,18). The lowest BCUT2D eigenvalue weighted by molar-refractivity contribution is 0.217. The Hall–Kier alpha value is -1.59. The molecule has 1 aromatic carbocycles. The summed E-state index contributed by atoms with van der Waals surface area (Å²) in [5, 5.41) is 15.0. The highest BCUT2D eigenvalue weighted by molar-refractivity contribution is 5.76. The maximum absolute atomic E-state index is 11.3. The maximum Gasteiger partial charge on any atom is 0.317 e. The summed E-state index contributed by atoms with van der Waals surface area (Å²) < 4.78 is 0. The van der Waals surface area contributed by atoms with Crippen molar-refractivity contribution >= 4 is 6.03 Å². The van der Waals surface area contributed by atoms with Gasteiger partial charge in [-0.3, -0.25) is 0 Å². The van der Waals surface area contributed by atoms with Gasteiger partial charge in [-0.25, -0.2) is 4.79 Å². The highest BCUT2D eigenvalue weighted by Crippen LogP contribution is 2.03. The van der Waals surface area contributed by atoms with Crippen molar-refractivity contribution in [2.75, 3.05) is 26.2 Å². The van der Waals surface area contributed by atoms with E-state index in [9.17, 15) is 4.79 Å². The molecule has 0 unspecified atom stereocenters. The molecule has 98 valence electrons. The number of benzene rings is 1. The Bertz CT molecular complexity index is 392. The number of nitrogens with one attached hydrogen (secondary N) is 2. The lowest BCUT2D eigenvalue weighted by atomic mass is 10.1. The molecule has 5 heteroatoms. The van der Waals surface area contributed by atoms with Gasteiger partial charge >= 0.3 is 6.03 Å². The van der Waals surface area contributed by atoms with Crippen LogP contribution in [0.2, 0.25) is 0 Å². The Morgan fingerprint density at radius 2 is 2.00 bits per heavy atom. The molecule has 1 aliphatic rings. The SMILES string of the molecule is O=C1NCCN1CCNCc1ccc(CO)cc1. The summed E-state index contributed by atoms with van der Waals surface area (Å²) in [5.41, 5.74) is 2.10. The molecule has 0 radical (unpaired) electrons. The zero-order valence-corrected chi connectivity index (χ0v) is 10.4. The van der Waals surface area contributed by atoms with E-state index in [1.807, 2.05) is 29.2 Å². The van der Waals surface area contributed by atoms with Gasteiger partial charge in [0.25, 0.3) is 0 Å². The smallest absolute Gasteiger partial charge is 0.317 e. The van der Waals surface area contributed by atoms with Gasteiger partial charge in [-0.05, 0) is 11.1 Å². The minimum absolute atomic E-state index is 0.0316. The molecule has 1 aromatic rings. The monoisotopic (exact) mass is 249 g/mol. The van der Waals surface area contributed by atoms with Gasteiger partial charge in [0.05, 0.1) is 6.61 Å². The summed E-state index contributed by atoms with van der Waals surface area (Å²) in [6.45, 7) is 3.93. The fraction of sp³-hybridized carbons (Fsp3) is 0.462. The summed E-state index contributed by atoms with van der Waals surface area (Å²) in [5.74, 6) is 0. The van der Waals surface area contributed by atoms with Gasteiger partial charge in [-0.1, -0.05) is 24.3 Å². The lowest BCUT2D eigenvalue weighted by Gasteiger charge is -2.14. The molecule has 2 amide bonds. The molecule has 1 saturated heterocycles. The topological polar surface area (TPSA) is 64.6 Å². The molecule has 1 fully saturated rings. The van der Waals surface area contributed by atoms with Crippen LogP contribution in [0.1, 0.15) is 11.1 Å². The Labute approximate surface area is 107 Å². The fourth-order valence-electron chi connectivity index (χ4n) is 1.93. The Balaban J connectivity index is 1.66. The third-order valence-corrected chi connectivity index (χ3v) is 3.04. The third-order valence-electron chi connectivity index (χ3n) is 3.04. The number of aliphatic hydroxyl groups is 1. The minimum atomic E-state index is 0.0316. The normalized spacial score (nSPS) is 14.9. The summed E-state index contributed by atoms with van der Waals surface area (Å²) in [6, 6.07) is 7.88. The Morgan fingerprint density at radius 3 is 2.61 bits per heavy atom. The minimum Gasteiger partial charge on any atom is -0.392 e. The lowest BCUT2D eigenvalue weighted by Crippen LogP contribution is -2.34. The first-order valence-electron chi connectivity index (χ1n) is 6.22. The first-order valence-corrected chi connectivity index (χ1v) is 6.22. The van der Waals surface area contributed by atoms with E-state index in [-0.39, 0.29) is 12.6 Å². The quantitative estimate of drug-likeness (QED) is 0.635. The summed E-state index contributed by atoms with van der Waals surface area (Å²) in [7, 11) is 0. The van der Waals surface area contributed by atoms with Crippen molar-refractivity contribution in [2.45, 2.75) is 13.2 Å². The molecule has 5 nitrogen and oxygen atoms in total. The van der Waals surface area contributed by atoms with Crippen LogP contribution in [0.3, 0.4) is 0 Å². The molecule has 0 atom stereocenters. The van der Waals surface area contributed by atoms with Crippen molar-refractivity contribution < 1.29 is 9.90 Å². The molecule has 0 bridgehead atoms. The number of carbonyl (C=O) groups excluding carboxylic acids is 1. The van der Waals surface area contributed by atoms with Crippen molar-refractivity contribution in [1.82, 2.24) is 15.5 Å². The van der Waals surface area contributed by atoms with Crippen LogP contribution < -0.4 is 10.6 Å². The predicted octanol–water partition coefficient (Wildman–Crippen LogP) is 0.294. The highest BCUT2D eigenvalue weighted by Gasteiger charge is 2.17. The second-order valence-electron chi connectivity index (χ2n) is 4.37. The van der Waals surface area contributed by atoms with Crippen LogP contribution in [-0.4, -0.2) is 42.2 Å². The van der Waals surface area contributed by atoms with Crippen LogP contribution >= 0.6 is 0 Å². The molecule has 2 rings (SSSR count). The third kappa shape index (κ3) is 3.45.